The van der Waals surface area contributed by atoms with E-state index in [2.05, 4.69) is 24.1 Å². The molecule has 18 heavy (non-hydrogen) atoms. The SMILES string of the molecule is CCCCCCCCNCC1CCN(CC)CC1. The molecule has 0 amide bonds. The molecule has 0 aromatic heterocycles. The van der Waals surface area contributed by atoms with E-state index in [9.17, 15) is 0 Å². The fourth-order valence-electron chi connectivity index (χ4n) is 2.84. The van der Waals surface area contributed by atoms with E-state index >= 15 is 0 Å². The van der Waals surface area contributed by atoms with Gasteiger partial charge >= 0.3 is 0 Å². The van der Waals surface area contributed by atoms with E-state index in [0.717, 1.165) is 5.92 Å². The van der Waals surface area contributed by atoms with Crippen LogP contribution in [-0.2, 0) is 0 Å². The zero-order valence-electron chi connectivity index (χ0n) is 12.7. The van der Waals surface area contributed by atoms with Gasteiger partial charge in [-0.3, -0.25) is 0 Å². The van der Waals surface area contributed by atoms with Crippen LogP contribution in [-0.4, -0.2) is 37.6 Å². The maximum Gasteiger partial charge on any atom is -0.00157 e. The largest absolute Gasteiger partial charge is 0.316 e. The molecule has 0 bridgehead atoms. The van der Waals surface area contributed by atoms with Gasteiger partial charge in [0.25, 0.3) is 0 Å². The Morgan fingerprint density at radius 3 is 2.28 bits per heavy atom. The maximum absolute atomic E-state index is 3.66. The first-order chi connectivity index (χ1) is 8.86. The van der Waals surface area contributed by atoms with Gasteiger partial charge in [0.05, 0.1) is 0 Å². The van der Waals surface area contributed by atoms with Crippen molar-refractivity contribution in [3.63, 3.8) is 0 Å². The molecule has 0 atom stereocenters. The van der Waals surface area contributed by atoms with Crippen molar-refractivity contribution in [2.75, 3.05) is 32.7 Å². The maximum atomic E-state index is 3.66. The Labute approximate surface area is 115 Å². The van der Waals surface area contributed by atoms with Crippen molar-refractivity contribution < 1.29 is 0 Å². The molecule has 1 rings (SSSR count). The van der Waals surface area contributed by atoms with Crippen molar-refractivity contribution >= 4 is 0 Å². The zero-order chi connectivity index (χ0) is 13.1. The predicted octanol–water partition coefficient (Wildman–Crippen LogP) is 3.67. The van der Waals surface area contributed by atoms with E-state index in [4.69, 9.17) is 0 Å². The lowest BCUT2D eigenvalue weighted by Crippen LogP contribution is -2.37. The molecule has 0 saturated carbocycles. The molecule has 1 aliphatic rings. The molecule has 1 saturated heterocycles. The average Bonchev–Trinajstić information content (AvgIpc) is 2.42. The van der Waals surface area contributed by atoms with Crippen LogP contribution in [0.1, 0.15) is 65.2 Å². The highest BCUT2D eigenvalue weighted by atomic mass is 15.1. The molecular weight excluding hydrogens is 220 g/mol. The third-order valence-electron chi connectivity index (χ3n) is 4.29. The van der Waals surface area contributed by atoms with Gasteiger partial charge in [-0.15, -0.1) is 0 Å². The molecule has 1 fully saturated rings. The molecule has 0 aromatic carbocycles. The van der Waals surface area contributed by atoms with Gasteiger partial charge in [-0.1, -0.05) is 46.0 Å². The number of nitrogens with zero attached hydrogens (tertiary/aromatic N) is 1. The minimum absolute atomic E-state index is 0.938. The summed E-state index contributed by atoms with van der Waals surface area (Å²) in [5.74, 6) is 0.938. The molecule has 1 heterocycles. The number of rotatable bonds is 10. The minimum Gasteiger partial charge on any atom is -0.316 e. The van der Waals surface area contributed by atoms with Crippen LogP contribution in [0.25, 0.3) is 0 Å². The van der Waals surface area contributed by atoms with Crippen LogP contribution in [0.3, 0.4) is 0 Å². The third-order valence-corrected chi connectivity index (χ3v) is 4.29. The van der Waals surface area contributed by atoms with Crippen molar-refractivity contribution in [2.24, 2.45) is 5.92 Å². The van der Waals surface area contributed by atoms with Crippen LogP contribution in [0.2, 0.25) is 0 Å². The number of unbranched alkanes of at least 4 members (excludes halogenated alkanes) is 5. The monoisotopic (exact) mass is 254 g/mol. The molecule has 1 aliphatic heterocycles. The van der Waals surface area contributed by atoms with Crippen LogP contribution < -0.4 is 5.32 Å². The lowest BCUT2D eigenvalue weighted by molar-refractivity contribution is 0.190. The van der Waals surface area contributed by atoms with Crippen LogP contribution in [0, 0.1) is 5.92 Å². The van der Waals surface area contributed by atoms with Crippen molar-refractivity contribution in [1.29, 1.82) is 0 Å². The van der Waals surface area contributed by atoms with E-state index in [1.54, 1.807) is 0 Å². The summed E-state index contributed by atoms with van der Waals surface area (Å²) in [7, 11) is 0. The number of piperidine rings is 1. The van der Waals surface area contributed by atoms with Gasteiger partial charge in [0.1, 0.15) is 0 Å². The van der Waals surface area contributed by atoms with Crippen molar-refractivity contribution in [1.82, 2.24) is 10.2 Å². The smallest absolute Gasteiger partial charge is 0.00157 e. The second-order valence-electron chi connectivity index (χ2n) is 5.85. The Kier molecular flexibility index (Phi) is 9.59. The Hall–Kier alpha value is -0.0800. The van der Waals surface area contributed by atoms with Crippen LogP contribution in [0.5, 0.6) is 0 Å². The summed E-state index contributed by atoms with van der Waals surface area (Å²) in [5, 5.41) is 3.66. The van der Waals surface area contributed by atoms with Crippen molar-refractivity contribution in [2.45, 2.75) is 65.2 Å². The second kappa shape index (κ2) is 10.8. The molecule has 0 unspecified atom stereocenters. The quantitative estimate of drug-likeness (QED) is 0.598. The van der Waals surface area contributed by atoms with Gasteiger partial charge in [-0.2, -0.15) is 0 Å². The molecular formula is C16H34N2. The van der Waals surface area contributed by atoms with Gasteiger partial charge in [0, 0.05) is 0 Å². The molecule has 0 aliphatic carbocycles. The molecule has 2 nitrogen and oxygen atoms in total. The van der Waals surface area contributed by atoms with Crippen LogP contribution >= 0.6 is 0 Å². The summed E-state index contributed by atoms with van der Waals surface area (Å²) < 4.78 is 0. The van der Waals surface area contributed by atoms with E-state index in [1.165, 1.54) is 84.1 Å². The molecule has 0 spiro atoms. The first kappa shape index (κ1) is 16.0. The molecule has 1 N–H and O–H groups in total. The third kappa shape index (κ3) is 7.38. The molecule has 0 radical (unpaired) electrons. The Morgan fingerprint density at radius 1 is 0.944 bits per heavy atom. The van der Waals surface area contributed by atoms with E-state index in [1.807, 2.05) is 0 Å². The second-order valence-corrected chi connectivity index (χ2v) is 5.85. The lowest BCUT2D eigenvalue weighted by Gasteiger charge is -2.31. The summed E-state index contributed by atoms with van der Waals surface area (Å²) in [6.45, 7) is 10.9. The van der Waals surface area contributed by atoms with E-state index < -0.39 is 0 Å². The summed E-state index contributed by atoms with van der Waals surface area (Å²) in [5.41, 5.74) is 0. The Bertz CT molecular complexity index is 174. The van der Waals surface area contributed by atoms with Gasteiger partial charge in [-0.25, -0.2) is 0 Å². The van der Waals surface area contributed by atoms with E-state index in [-0.39, 0.29) is 0 Å². The highest BCUT2D eigenvalue weighted by Crippen LogP contribution is 2.15. The fraction of sp³-hybridized carbons (Fsp3) is 1.00. The molecule has 2 heteroatoms. The Balaban J connectivity index is 1.84. The van der Waals surface area contributed by atoms with Gasteiger partial charge in [0.2, 0.25) is 0 Å². The first-order valence-corrected chi connectivity index (χ1v) is 8.29. The van der Waals surface area contributed by atoms with Crippen LogP contribution in [0.4, 0.5) is 0 Å². The highest BCUT2D eigenvalue weighted by Gasteiger charge is 2.17. The molecule has 0 aromatic rings. The fourth-order valence-corrected chi connectivity index (χ4v) is 2.84. The van der Waals surface area contributed by atoms with Gasteiger partial charge in [-0.05, 0) is 57.9 Å². The highest BCUT2D eigenvalue weighted by molar-refractivity contribution is 4.72. The summed E-state index contributed by atoms with van der Waals surface area (Å²) >= 11 is 0. The van der Waals surface area contributed by atoms with Crippen LogP contribution in [0.15, 0.2) is 0 Å². The van der Waals surface area contributed by atoms with Crippen molar-refractivity contribution in [3.8, 4) is 0 Å². The van der Waals surface area contributed by atoms with E-state index in [0.29, 0.717) is 0 Å². The zero-order valence-corrected chi connectivity index (χ0v) is 12.7. The summed E-state index contributed by atoms with van der Waals surface area (Å²) in [6, 6.07) is 0. The lowest BCUT2D eigenvalue weighted by atomic mass is 9.97. The standard InChI is InChI=1S/C16H34N2/c1-3-5-6-7-8-9-12-17-15-16-10-13-18(4-2)14-11-16/h16-17H,3-15H2,1-2H3. The predicted molar refractivity (Wildman–Crippen MR) is 81.1 cm³/mol. The van der Waals surface area contributed by atoms with Crippen molar-refractivity contribution in [3.05, 3.63) is 0 Å². The number of likely N-dealkylation sites (tertiary alicyclic amines) is 1. The number of nitrogens with one attached hydrogen (secondary N) is 1. The summed E-state index contributed by atoms with van der Waals surface area (Å²) in [6.07, 6.45) is 11.2. The summed E-state index contributed by atoms with van der Waals surface area (Å²) in [4.78, 5) is 2.57. The minimum atomic E-state index is 0.938. The number of hydrogen-bond acceptors (Lipinski definition) is 2. The normalized spacial score (nSPS) is 18.3. The molecule has 108 valence electrons. The van der Waals surface area contributed by atoms with Gasteiger partial charge < -0.3 is 10.2 Å². The van der Waals surface area contributed by atoms with Gasteiger partial charge in [0.15, 0.2) is 0 Å². The number of hydrogen-bond donors (Lipinski definition) is 1. The Morgan fingerprint density at radius 2 is 1.61 bits per heavy atom. The average molecular weight is 254 g/mol. The topological polar surface area (TPSA) is 15.3 Å². The first-order valence-electron chi connectivity index (χ1n) is 8.29.